The summed E-state index contributed by atoms with van der Waals surface area (Å²) in [4.78, 5) is 24.1. The summed E-state index contributed by atoms with van der Waals surface area (Å²) in [7, 11) is 0. The van der Waals surface area contributed by atoms with E-state index in [2.05, 4.69) is 22.9 Å². The van der Waals surface area contributed by atoms with Crippen LogP contribution in [0.25, 0.3) is 0 Å². The lowest BCUT2D eigenvalue weighted by atomic mass is 10.2. The zero-order valence-corrected chi connectivity index (χ0v) is 16.7. The van der Waals surface area contributed by atoms with Crippen molar-refractivity contribution in [3.05, 3.63) is 54.1 Å². The highest BCUT2D eigenvalue weighted by Gasteiger charge is 2.08. The van der Waals surface area contributed by atoms with E-state index in [9.17, 15) is 9.59 Å². The molecule has 0 aromatic heterocycles. The molecule has 3 N–H and O–H groups in total. The highest BCUT2D eigenvalue weighted by Crippen LogP contribution is 2.17. The third-order valence-electron chi connectivity index (χ3n) is 3.90. The van der Waals surface area contributed by atoms with Gasteiger partial charge in [0.05, 0.1) is 13.2 Å². The van der Waals surface area contributed by atoms with Gasteiger partial charge >= 0.3 is 0 Å². The van der Waals surface area contributed by atoms with E-state index < -0.39 is 0 Å². The van der Waals surface area contributed by atoms with Gasteiger partial charge < -0.3 is 20.7 Å². The Morgan fingerprint density at radius 1 is 1.04 bits per heavy atom. The van der Waals surface area contributed by atoms with Crippen molar-refractivity contribution in [2.45, 2.75) is 39.7 Å². The topological polar surface area (TPSA) is 79.5 Å². The van der Waals surface area contributed by atoms with Crippen LogP contribution in [0, 0.1) is 0 Å². The number of carbonyl (C=O) groups excluding carboxylic acids is 2. The van der Waals surface area contributed by atoms with Crippen LogP contribution >= 0.6 is 0 Å². The second-order valence-electron chi connectivity index (χ2n) is 6.84. The number of unbranched alkanes of at least 4 members (excludes halogenated alkanes) is 1. The van der Waals surface area contributed by atoms with E-state index in [-0.39, 0.29) is 24.4 Å². The number of hydrogen-bond donors (Lipinski definition) is 3. The van der Waals surface area contributed by atoms with Crippen molar-refractivity contribution in [3.8, 4) is 5.75 Å². The minimum Gasteiger partial charge on any atom is -0.494 e. The smallest absolute Gasteiger partial charge is 0.251 e. The van der Waals surface area contributed by atoms with Crippen LogP contribution in [-0.2, 0) is 4.79 Å². The van der Waals surface area contributed by atoms with Crippen molar-refractivity contribution in [2.75, 3.05) is 23.8 Å². The van der Waals surface area contributed by atoms with Crippen molar-refractivity contribution in [1.82, 2.24) is 5.32 Å². The number of carbonyl (C=O) groups is 2. The number of amides is 2. The molecule has 2 aromatic rings. The lowest BCUT2D eigenvalue weighted by Crippen LogP contribution is -2.30. The molecule has 0 spiro atoms. The molecule has 150 valence electrons. The Hall–Kier alpha value is -3.02. The molecule has 2 amide bonds. The molecular formula is C22H29N3O3. The third-order valence-corrected chi connectivity index (χ3v) is 3.90. The molecule has 0 aliphatic rings. The molecule has 0 heterocycles. The maximum Gasteiger partial charge on any atom is 0.251 e. The van der Waals surface area contributed by atoms with Crippen molar-refractivity contribution in [1.29, 1.82) is 0 Å². The maximum atomic E-state index is 12.2. The molecule has 6 nitrogen and oxygen atoms in total. The van der Waals surface area contributed by atoms with E-state index in [0.29, 0.717) is 17.9 Å². The molecule has 0 radical (unpaired) electrons. The molecule has 0 aliphatic heterocycles. The Morgan fingerprint density at radius 3 is 2.46 bits per heavy atom. The van der Waals surface area contributed by atoms with E-state index in [4.69, 9.17) is 4.74 Å². The molecule has 2 rings (SSSR count). The van der Waals surface area contributed by atoms with Crippen LogP contribution < -0.4 is 20.7 Å². The van der Waals surface area contributed by atoms with E-state index in [1.807, 2.05) is 38.1 Å². The van der Waals surface area contributed by atoms with Gasteiger partial charge in [-0.15, -0.1) is 0 Å². The fraction of sp³-hybridized carbons (Fsp3) is 0.364. The molecule has 0 atom stereocenters. The highest BCUT2D eigenvalue weighted by molar-refractivity contribution is 5.96. The zero-order valence-electron chi connectivity index (χ0n) is 16.7. The molecule has 28 heavy (non-hydrogen) atoms. The van der Waals surface area contributed by atoms with Crippen molar-refractivity contribution >= 4 is 23.2 Å². The highest BCUT2D eigenvalue weighted by atomic mass is 16.5. The standard InChI is InChI=1S/C22H29N3O3/c1-4-5-13-28-20-8-6-7-19(14-20)23-15-21(26)25-18-11-9-17(10-12-18)22(27)24-16(2)3/h6-12,14,16,23H,4-5,13,15H2,1-3H3,(H,24,27)(H,25,26). The van der Waals surface area contributed by atoms with Gasteiger partial charge in [0.25, 0.3) is 5.91 Å². The summed E-state index contributed by atoms with van der Waals surface area (Å²) in [5.41, 5.74) is 2.03. The molecular weight excluding hydrogens is 354 g/mol. The molecule has 0 bridgehead atoms. The zero-order chi connectivity index (χ0) is 20.4. The molecule has 0 aliphatic carbocycles. The monoisotopic (exact) mass is 383 g/mol. The number of rotatable bonds is 10. The summed E-state index contributed by atoms with van der Waals surface area (Å²) in [5.74, 6) is 0.487. The molecule has 6 heteroatoms. The van der Waals surface area contributed by atoms with Gasteiger partial charge in [-0.2, -0.15) is 0 Å². The first-order valence-electron chi connectivity index (χ1n) is 9.65. The summed E-state index contributed by atoms with van der Waals surface area (Å²) in [6.07, 6.45) is 2.10. The van der Waals surface area contributed by atoms with E-state index in [1.165, 1.54) is 0 Å². The van der Waals surface area contributed by atoms with Gasteiger partial charge in [-0.25, -0.2) is 0 Å². The number of anilines is 2. The van der Waals surface area contributed by atoms with Gasteiger partial charge in [0.2, 0.25) is 5.91 Å². The number of benzene rings is 2. The summed E-state index contributed by atoms with van der Waals surface area (Å²) >= 11 is 0. The Bertz CT molecular complexity index is 773. The van der Waals surface area contributed by atoms with Crippen LogP contribution in [0.2, 0.25) is 0 Å². The second kappa shape index (κ2) is 11.0. The normalized spacial score (nSPS) is 10.4. The molecule has 0 saturated carbocycles. The fourth-order valence-corrected chi connectivity index (χ4v) is 2.47. The Kier molecular flexibility index (Phi) is 8.34. The minimum absolute atomic E-state index is 0.0773. The van der Waals surface area contributed by atoms with E-state index in [1.54, 1.807) is 24.3 Å². The largest absolute Gasteiger partial charge is 0.494 e. The average molecular weight is 383 g/mol. The predicted molar refractivity (Wildman–Crippen MR) is 113 cm³/mol. The SMILES string of the molecule is CCCCOc1cccc(NCC(=O)Nc2ccc(C(=O)NC(C)C)cc2)c1. The number of nitrogens with one attached hydrogen (secondary N) is 3. The first-order chi connectivity index (χ1) is 13.5. The van der Waals surface area contributed by atoms with Crippen LogP contribution in [0.15, 0.2) is 48.5 Å². The summed E-state index contributed by atoms with van der Waals surface area (Å²) < 4.78 is 5.67. The van der Waals surface area contributed by atoms with Gasteiger partial charge in [0.15, 0.2) is 0 Å². The van der Waals surface area contributed by atoms with Crippen molar-refractivity contribution < 1.29 is 14.3 Å². The molecule has 0 fully saturated rings. The maximum absolute atomic E-state index is 12.2. The first-order valence-corrected chi connectivity index (χ1v) is 9.65. The predicted octanol–water partition coefficient (Wildman–Crippen LogP) is 4.05. The lowest BCUT2D eigenvalue weighted by molar-refractivity contribution is -0.114. The molecule has 2 aromatic carbocycles. The van der Waals surface area contributed by atoms with Crippen molar-refractivity contribution in [3.63, 3.8) is 0 Å². The quantitative estimate of drug-likeness (QED) is 0.541. The van der Waals surface area contributed by atoms with Crippen LogP contribution in [-0.4, -0.2) is 31.0 Å². The van der Waals surface area contributed by atoms with Crippen molar-refractivity contribution in [2.24, 2.45) is 0 Å². The Balaban J connectivity index is 1.82. The van der Waals surface area contributed by atoms with Gasteiger partial charge in [-0.05, 0) is 56.7 Å². The first kappa shape index (κ1) is 21.3. The van der Waals surface area contributed by atoms with E-state index in [0.717, 1.165) is 24.3 Å². The van der Waals surface area contributed by atoms with Gasteiger partial charge in [-0.1, -0.05) is 19.4 Å². The van der Waals surface area contributed by atoms with Crippen LogP contribution in [0.1, 0.15) is 44.0 Å². The van der Waals surface area contributed by atoms with Gasteiger partial charge in [0.1, 0.15) is 5.75 Å². The summed E-state index contributed by atoms with van der Waals surface area (Å²) in [5, 5.41) is 8.73. The van der Waals surface area contributed by atoms with Crippen LogP contribution in [0.3, 0.4) is 0 Å². The fourth-order valence-electron chi connectivity index (χ4n) is 2.47. The summed E-state index contributed by atoms with van der Waals surface area (Å²) in [6.45, 7) is 6.76. The van der Waals surface area contributed by atoms with Crippen LogP contribution in [0.5, 0.6) is 5.75 Å². The van der Waals surface area contributed by atoms with E-state index >= 15 is 0 Å². The Labute approximate surface area is 166 Å². The van der Waals surface area contributed by atoms with Gasteiger partial charge in [-0.3, -0.25) is 9.59 Å². The second-order valence-corrected chi connectivity index (χ2v) is 6.84. The van der Waals surface area contributed by atoms with Crippen LogP contribution in [0.4, 0.5) is 11.4 Å². The Morgan fingerprint density at radius 2 is 1.79 bits per heavy atom. The number of ether oxygens (including phenoxy) is 1. The minimum atomic E-state index is -0.170. The third kappa shape index (κ3) is 7.31. The summed E-state index contributed by atoms with van der Waals surface area (Å²) in [6, 6.07) is 14.5. The molecule has 0 unspecified atom stereocenters. The average Bonchev–Trinajstić information content (AvgIpc) is 2.67. The van der Waals surface area contributed by atoms with Gasteiger partial charge in [0, 0.05) is 29.0 Å². The molecule has 0 saturated heterocycles. The number of hydrogen-bond acceptors (Lipinski definition) is 4. The lowest BCUT2D eigenvalue weighted by Gasteiger charge is -2.11.